The average molecular weight is 237 g/mol. The van der Waals surface area contributed by atoms with Crippen molar-refractivity contribution in [2.24, 2.45) is 0 Å². The summed E-state index contributed by atoms with van der Waals surface area (Å²) in [5.41, 5.74) is 0.482. The molecule has 0 radical (unpaired) electrons. The normalized spacial score (nSPS) is 20.1. The third kappa shape index (κ3) is 2.66. The van der Waals surface area contributed by atoms with Gasteiger partial charge in [-0.3, -0.25) is 0 Å². The molecule has 1 N–H and O–H groups in total. The lowest BCUT2D eigenvalue weighted by Crippen LogP contribution is -2.37. The van der Waals surface area contributed by atoms with E-state index in [-0.39, 0.29) is 6.10 Å². The van der Waals surface area contributed by atoms with Crippen molar-refractivity contribution in [3.8, 4) is 11.8 Å². The number of nitriles is 1. The fourth-order valence-corrected chi connectivity index (χ4v) is 1.99. The molecule has 1 heterocycles. The van der Waals surface area contributed by atoms with Gasteiger partial charge in [0.1, 0.15) is 17.9 Å². The second-order valence-corrected chi connectivity index (χ2v) is 4.25. The smallest absolute Gasteiger partial charge is 0.121 e. The minimum absolute atomic E-state index is 0.206. The van der Waals surface area contributed by atoms with Crippen LogP contribution in [0.1, 0.15) is 18.4 Å². The number of piperidine rings is 1. The molecule has 1 saturated heterocycles. The third-order valence-corrected chi connectivity index (χ3v) is 2.93. The van der Waals surface area contributed by atoms with Crippen LogP contribution in [0, 0.1) is 11.3 Å². The molecule has 0 bridgehead atoms. The zero-order valence-electron chi connectivity index (χ0n) is 8.87. The molecule has 1 aromatic rings. The molecular formula is C12H13ClN2O. The van der Waals surface area contributed by atoms with E-state index in [1.807, 2.05) is 6.07 Å². The molecule has 2 rings (SSSR count). The molecule has 1 aromatic carbocycles. The van der Waals surface area contributed by atoms with E-state index in [1.54, 1.807) is 18.2 Å². The van der Waals surface area contributed by atoms with Crippen LogP contribution in [-0.2, 0) is 0 Å². The van der Waals surface area contributed by atoms with Gasteiger partial charge in [0.2, 0.25) is 0 Å². The van der Waals surface area contributed by atoms with E-state index < -0.39 is 0 Å². The van der Waals surface area contributed by atoms with Crippen LogP contribution in [0.2, 0.25) is 5.02 Å². The SMILES string of the molecule is N#Cc1ccc(OC2CCCNC2)cc1Cl. The van der Waals surface area contributed by atoms with Crippen LogP contribution in [0.25, 0.3) is 0 Å². The molecule has 4 heteroatoms. The van der Waals surface area contributed by atoms with Crippen molar-refractivity contribution in [3.63, 3.8) is 0 Å². The molecule has 0 saturated carbocycles. The number of hydrogen-bond donors (Lipinski definition) is 1. The largest absolute Gasteiger partial charge is 0.489 e. The Bertz CT molecular complexity index is 408. The van der Waals surface area contributed by atoms with Crippen molar-refractivity contribution >= 4 is 11.6 Å². The Labute approximate surface area is 100.0 Å². The molecule has 1 fully saturated rings. The van der Waals surface area contributed by atoms with Gasteiger partial charge in [0.25, 0.3) is 0 Å². The Morgan fingerprint density at radius 3 is 3.00 bits per heavy atom. The summed E-state index contributed by atoms with van der Waals surface area (Å²) in [6, 6.07) is 7.21. The fraction of sp³-hybridized carbons (Fsp3) is 0.417. The second-order valence-electron chi connectivity index (χ2n) is 3.84. The van der Waals surface area contributed by atoms with Gasteiger partial charge in [0.15, 0.2) is 0 Å². The molecule has 0 aromatic heterocycles. The van der Waals surface area contributed by atoms with Crippen LogP contribution in [0.3, 0.4) is 0 Å². The van der Waals surface area contributed by atoms with E-state index in [9.17, 15) is 0 Å². The van der Waals surface area contributed by atoms with Crippen LogP contribution in [0.15, 0.2) is 18.2 Å². The van der Waals surface area contributed by atoms with Gasteiger partial charge >= 0.3 is 0 Å². The van der Waals surface area contributed by atoms with Crippen molar-refractivity contribution in [2.45, 2.75) is 18.9 Å². The highest BCUT2D eigenvalue weighted by Gasteiger charge is 2.14. The number of ether oxygens (including phenoxy) is 1. The summed E-state index contributed by atoms with van der Waals surface area (Å²) in [5, 5.41) is 12.5. The van der Waals surface area contributed by atoms with Crippen molar-refractivity contribution < 1.29 is 4.74 Å². The molecular weight excluding hydrogens is 224 g/mol. The first-order chi connectivity index (χ1) is 7.79. The first kappa shape index (κ1) is 11.3. The summed E-state index contributed by atoms with van der Waals surface area (Å²) in [6.45, 7) is 1.94. The number of benzene rings is 1. The third-order valence-electron chi connectivity index (χ3n) is 2.62. The van der Waals surface area contributed by atoms with Gasteiger partial charge in [-0.15, -0.1) is 0 Å². The maximum absolute atomic E-state index is 8.75. The Hall–Kier alpha value is -1.24. The van der Waals surface area contributed by atoms with Gasteiger partial charge < -0.3 is 10.1 Å². The van der Waals surface area contributed by atoms with Gasteiger partial charge in [-0.1, -0.05) is 11.6 Å². The van der Waals surface area contributed by atoms with E-state index in [2.05, 4.69) is 5.32 Å². The summed E-state index contributed by atoms with van der Waals surface area (Å²) in [5.74, 6) is 0.734. The number of nitrogens with one attached hydrogen (secondary N) is 1. The van der Waals surface area contributed by atoms with Crippen LogP contribution in [0.5, 0.6) is 5.75 Å². The molecule has 1 aliphatic rings. The molecule has 16 heavy (non-hydrogen) atoms. The first-order valence-corrected chi connectivity index (χ1v) is 5.74. The van der Waals surface area contributed by atoms with Crippen LogP contribution < -0.4 is 10.1 Å². The second kappa shape index (κ2) is 5.20. The van der Waals surface area contributed by atoms with Gasteiger partial charge in [-0.2, -0.15) is 5.26 Å². The van der Waals surface area contributed by atoms with Crippen molar-refractivity contribution in [1.29, 1.82) is 5.26 Å². The summed E-state index contributed by atoms with van der Waals surface area (Å²) >= 11 is 5.93. The van der Waals surface area contributed by atoms with Gasteiger partial charge in [-0.25, -0.2) is 0 Å². The lowest BCUT2D eigenvalue weighted by Gasteiger charge is -2.24. The highest BCUT2D eigenvalue weighted by atomic mass is 35.5. The maximum atomic E-state index is 8.75. The minimum Gasteiger partial charge on any atom is -0.489 e. The monoisotopic (exact) mass is 236 g/mol. The van der Waals surface area contributed by atoms with Crippen molar-refractivity contribution in [1.82, 2.24) is 5.32 Å². The summed E-state index contributed by atoms with van der Waals surface area (Å²) in [6.07, 6.45) is 2.40. The van der Waals surface area contributed by atoms with Crippen LogP contribution in [0.4, 0.5) is 0 Å². The highest BCUT2D eigenvalue weighted by Crippen LogP contribution is 2.23. The number of hydrogen-bond acceptors (Lipinski definition) is 3. The molecule has 0 spiro atoms. The standard InChI is InChI=1S/C12H13ClN2O/c13-12-6-10(4-3-9(12)7-14)16-11-2-1-5-15-8-11/h3-4,6,11,15H,1-2,5,8H2. The van der Waals surface area contributed by atoms with E-state index in [0.717, 1.165) is 31.7 Å². The summed E-state index contributed by atoms with van der Waals surface area (Å²) in [7, 11) is 0. The molecule has 0 aliphatic carbocycles. The molecule has 1 aliphatic heterocycles. The van der Waals surface area contributed by atoms with Crippen LogP contribution in [-0.4, -0.2) is 19.2 Å². The first-order valence-electron chi connectivity index (χ1n) is 5.36. The highest BCUT2D eigenvalue weighted by molar-refractivity contribution is 6.31. The van der Waals surface area contributed by atoms with E-state index in [4.69, 9.17) is 21.6 Å². The van der Waals surface area contributed by atoms with Crippen LogP contribution >= 0.6 is 11.6 Å². The lowest BCUT2D eigenvalue weighted by molar-refractivity contribution is 0.167. The summed E-state index contributed by atoms with van der Waals surface area (Å²) in [4.78, 5) is 0. The number of nitrogens with zero attached hydrogens (tertiary/aromatic N) is 1. The Morgan fingerprint density at radius 1 is 1.50 bits per heavy atom. The van der Waals surface area contributed by atoms with E-state index in [0.29, 0.717) is 10.6 Å². The predicted molar refractivity (Wildman–Crippen MR) is 62.7 cm³/mol. The molecule has 84 valence electrons. The van der Waals surface area contributed by atoms with Crippen molar-refractivity contribution in [3.05, 3.63) is 28.8 Å². The Kier molecular flexibility index (Phi) is 3.66. The minimum atomic E-state index is 0.206. The average Bonchev–Trinajstić information content (AvgIpc) is 2.31. The Morgan fingerprint density at radius 2 is 2.38 bits per heavy atom. The molecule has 3 nitrogen and oxygen atoms in total. The summed E-state index contributed by atoms with van der Waals surface area (Å²) < 4.78 is 5.78. The zero-order chi connectivity index (χ0) is 11.4. The number of rotatable bonds is 2. The molecule has 1 atom stereocenters. The van der Waals surface area contributed by atoms with Gasteiger partial charge in [-0.05, 0) is 31.5 Å². The predicted octanol–water partition coefficient (Wildman–Crippen LogP) is 2.34. The van der Waals surface area contributed by atoms with Crippen molar-refractivity contribution in [2.75, 3.05) is 13.1 Å². The topological polar surface area (TPSA) is 45.0 Å². The molecule has 1 unspecified atom stereocenters. The fourth-order valence-electron chi connectivity index (χ4n) is 1.77. The lowest BCUT2D eigenvalue weighted by atomic mass is 10.1. The quantitative estimate of drug-likeness (QED) is 0.857. The number of halogens is 1. The van der Waals surface area contributed by atoms with Gasteiger partial charge in [0, 0.05) is 12.6 Å². The van der Waals surface area contributed by atoms with E-state index in [1.165, 1.54) is 0 Å². The van der Waals surface area contributed by atoms with E-state index >= 15 is 0 Å². The Balaban J connectivity index is 2.04. The van der Waals surface area contributed by atoms with Gasteiger partial charge in [0.05, 0.1) is 10.6 Å². The maximum Gasteiger partial charge on any atom is 0.121 e. The molecule has 0 amide bonds. The zero-order valence-corrected chi connectivity index (χ0v) is 9.63.